The molecule has 6 heteroatoms. The van der Waals surface area contributed by atoms with Crippen molar-refractivity contribution in [1.29, 1.82) is 0 Å². The molecule has 3 nitrogen and oxygen atoms in total. The van der Waals surface area contributed by atoms with Gasteiger partial charge in [-0.15, -0.1) is 11.6 Å². The molecule has 1 aromatic carbocycles. The molecular formula is C13H15Br2ClN2O. The van der Waals surface area contributed by atoms with Gasteiger partial charge in [-0.2, -0.15) is 0 Å². The largest absolute Gasteiger partial charge is 0.336 e. The van der Waals surface area contributed by atoms with E-state index >= 15 is 0 Å². The van der Waals surface area contributed by atoms with Crippen LogP contribution in [0.1, 0.15) is 10.4 Å². The lowest BCUT2D eigenvalue weighted by Crippen LogP contribution is -2.49. The third-order valence-corrected chi connectivity index (χ3v) is 4.54. The molecule has 1 fully saturated rings. The predicted molar refractivity (Wildman–Crippen MR) is 84.9 cm³/mol. The highest BCUT2D eigenvalue weighted by Crippen LogP contribution is 2.23. The number of hydrogen-bond acceptors (Lipinski definition) is 2. The first-order chi connectivity index (χ1) is 9.11. The predicted octanol–water partition coefficient (Wildman–Crippen LogP) is 3.21. The summed E-state index contributed by atoms with van der Waals surface area (Å²) in [6, 6.07) is 5.64. The first kappa shape index (κ1) is 15.3. The summed E-state index contributed by atoms with van der Waals surface area (Å²) in [6.07, 6.45) is 0. The Hall–Kier alpha value is -0.100. The topological polar surface area (TPSA) is 23.6 Å². The lowest BCUT2D eigenvalue weighted by atomic mass is 10.2. The molecule has 2 rings (SSSR count). The van der Waals surface area contributed by atoms with Crippen LogP contribution in [0.2, 0.25) is 0 Å². The van der Waals surface area contributed by atoms with E-state index in [9.17, 15) is 4.79 Å². The van der Waals surface area contributed by atoms with E-state index in [1.165, 1.54) is 0 Å². The average molecular weight is 411 g/mol. The summed E-state index contributed by atoms with van der Waals surface area (Å²) in [5.41, 5.74) is 0.717. The Kier molecular flexibility index (Phi) is 5.69. The fraction of sp³-hybridized carbons (Fsp3) is 0.462. The van der Waals surface area contributed by atoms with E-state index in [1.807, 2.05) is 23.1 Å². The Morgan fingerprint density at radius 2 is 1.89 bits per heavy atom. The third kappa shape index (κ3) is 3.94. The van der Waals surface area contributed by atoms with Gasteiger partial charge in [-0.3, -0.25) is 9.69 Å². The maximum absolute atomic E-state index is 12.4. The quantitative estimate of drug-likeness (QED) is 0.715. The molecule has 1 amide bonds. The van der Waals surface area contributed by atoms with E-state index in [1.54, 1.807) is 0 Å². The van der Waals surface area contributed by atoms with Gasteiger partial charge >= 0.3 is 0 Å². The van der Waals surface area contributed by atoms with Crippen molar-refractivity contribution in [2.45, 2.75) is 0 Å². The number of hydrogen-bond donors (Lipinski definition) is 0. The van der Waals surface area contributed by atoms with Gasteiger partial charge < -0.3 is 4.90 Å². The highest BCUT2D eigenvalue weighted by Gasteiger charge is 2.23. The number of rotatable bonds is 3. The average Bonchev–Trinajstić information content (AvgIpc) is 2.39. The van der Waals surface area contributed by atoms with Crippen LogP contribution in [0.3, 0.4) is 0 Å². The van der Waals surface area contributed by atoms with Crippen molar-refractivity contribution in [3.8, 4) is 0 Å². The van der Waals surface area contributed by atoms with Crippen molar-refractivity contribution in [3.05, 3.63) is 32.7 Å². The van der Waals surface area contributed by atoms with Crippen molar-refractivity contribution in [2.24, 2.45) is 0 Å². The Labute approximate surface area is 135 Å². The summed E-state index contributed by atoms with van der Waals surface area (Å²) < 4.78 is 1.79. The maximum atomic E-state index is 12.4. The molecule has 0 aliphatic carbocycles. The first-order valence-corrected chi connectivity index (χ1v) is 8.26. The number of amides is 1. The molecule has 1 heterocycles. The van der Waals surface area contributed by atoms with Gasteiger partial charge in [-0.05, 0) is 34.1 Å². The molecular weight excluding hydrogens is 395 g/mol. The summed E-state index contributed by atoms with van der Waals surface area (Å²) in [7, 11) is 0. The molecule has 1 aromatic rings. The SMILES string of the molecule is O=C(c1ccc(Br)cc1Br)N1CCN(CCCl)CC1. The van der Waals surface area contributed by atoms with Gasteiger partial charge in [-0.25, -0.2) is 0 Å². The molecule has 0 unspecified atom stereocenters. The molecule has 1 aliphatic heterocycles. The molecule has 0 atom stereocenters. The van der Waals surface area contributed by atoms with Crippen LogP contribution in [0.15, 0.2) is 27.1 Å². The van der Waals surface area contributed by atoms with E-state index in [0.29, 0.717) is 11.4 Å². The fourth-order valence-electron chi connectivity index (χ4n) is 2.13. The number of piperazine rings is 1. The molecule has 0 bridgehead atoms. The highest BCUT2D eigenvalue weighted by molar-refractivity contribution is 9.11. The highest BCUT2D eigenvalue weighted by atomic mass is 79.9. The molecule has 0 saturated carbocycles. The Bertz CT molecular complexity index is 462. The third-order valence-electron chi connectivity index (χ3n) is 3.22. The molecule has 0 spiro atoms. The van der Waals surface area contributed by atoms with Crippen LogP contribution in [0.25, 0.3) is 0 Å². The van der Waals surface area contributed by atoms with Crippen LogP contribution in [0.5, 0.6) is 0 Å². The van der Waals surface area contributed by atoms with Crippen LogP contribution < -0.4 is 0 Å². The zero-order chi connectivity index (χ0) is 13.8. The summed E-state index contributed by atoms with van der Waals surface area (Å²) >= 11 is 12.6. The van der Waals surface area contributed by atoms with Crippen LogP contribution in [0.4, 0.5) is 0 Å². The molecule has 104 valence electrons. The van der Waals surface area contributed by atoms with E-state index in [2.05, 4.69) is 36.8 Å². The number of carbonyl (C=O) groups excluding carboxylic acids is 1. The molecule has 0 aromatic heterocycles. The number of alkyl halides is 1. The van der Waals surface area contributed by atoms with Gasteiger partial charge in [0.15, 0.2) is 0 Å². The van der Waals surface area contributed by atoms with E-state index < -0.39 is 0 Å². The zero-order valence-corrected chi connectivity index (χ0v) is 14.3. The minimum Gasteiger partial charge on any atom is -0.336 e. The summed E-state index contributed by atoms with van der Waals surface area (Å²) in [5.74, 6) is 0.733. The minimum absolute atomic E-state index is 0.0879. The second-order valence-corrected chi connectivity index (χ2v) is 6.59. The second kappa shape index (κ2) is 7.07. The van der Waals surface area contributed by atoms with Crippen LogP contribution >= 0.6 is 43.5 Å². The minimum atomic E-state index is 0.0879. The van der Waals surface area contributed by atoms with Gasteiger partial charge in [0.25, 0.3) is 5.91 Å². The molecule has 0 N–H and O–H groups in total. The van der Waals surface area contributed by atoms with Gasteiger partial charge in [0.05, 0.1) is 5.56 Å². The van der Waals surface area contributed by atoms with Crippen molar-refractivity contribution >= 4 is 49.4 Å². The van der Waals surface area contributed by atoms with Crippen molar-refractivity contribution in [2.75, 3.05) is 38.6 Å². The molecule has 1 saturated heterocycles. The molecule has 1 aliphatic rings. The normalized spacial score (nSPS) is 16.7. The number of benzene rings is 1. The van der Waals surface area contributed by atoms with Crippen molar-refractivity contribution in [1.82, 2.24) is 9.80 Å². The summed E-state index contributed by atoms with van der Waals surface area (Å²) in [5, 5.41) is 0. The van der Waals surface area contributed by atoms with Crippen LogP contribution in [0, 0.1) is 0 Å². The van der Waals surface area contributed by atoms with Crippen LogP contribution in [-0.2, 0) is 0 Å². The van der Waals surface area contributed by atoms with Crippen molar-refractivity contribution < 1.29 is 4.79 Å². The lowest BCUT2D eigenvalue weighted by Gasteiger charge is -2.34. The standard InChI is InChI=1S/C13H15Br2ClN2O/c14-10-1-2-11(12(15)9-10)13(19)18-7-5-17(4-3-16)6-8-18/h1-2,9H,3-8H2. The molecule has 19 heavy (non-hydrogen) atoms. The van der Waals surface area contributed by atoms with Crippen LogP contribution in [-0.4, -0.2) is 54.3 Å². The van der Waals surface area contributed by atoms with Gasteiger partial charge in [0.2, 0.25) is 0 Å². The molecule has 0 radical (unpaired) electrons. The maximum Gasteiger partial charge on any atom is 0.255 e. The lowest BCUT2D eigenvalue weighted by molar-refractivity contribution is 0.0643. The monoisotopic (exact) mass is 408 g/mol. The Morgan fingerprint density at radius 3 is 2.47 bits per heavy atom. The van der Waals surface area contributed by atoms with Crippen molar-refractivity contribution in [3.63, 3.8) is 0 Å². The summed E-state index contributed by atoms with van der Waals surface area (Å²) in [6.45, 7) is 4.21. The van der Waals surface area contributed by atoms with Gasteiger partial charge in [0.1, 0.15) is 0 Å². The zero-order valence-electron chi connectivity index (χ0n) is 10.4. The van der Waals surface area contributed by atoms with E-state index in [0.717, 1.165) is 41.7 Å². The van der Waals surface area contributed by atoms with Gasteiger partial charge in [-0.1, -0.05) is 15.9 Å². The Morgan fingerprint density at radius 1 is 1.21 bits per heavy atom. The van der Waals surface area contributed by atoms with E-state index in [-0.39, 0.29) is 5.91 Å². The van der Waals surface area contributed by atoms with Gasteiger partial charge in [0, 0.05) is 47.5 Å². The van der Waals surface area contributed by atoms with E-state index in [4.69, 9.17) is 11.6 Å². The first-order valence-electron chi connectivity index (χ1n) is 6.14. The fourth-order valence-corrected chi connectivity index (χ4v) is 3.58. The smallest absolute Gasteiger partial charge is 0.255 e. The second-order valence-electron chi connectivity index (χ2n) is 4.45. The number of halogens is 3. The summed E-state index contributed by atoms with van der Waals surface area (Å²) in [4.78, 5) is 16.6. The Balaban J connectivity index is 2.01. The number of carbonyl (C=O) groups is 1. The number of nitrogens with zero attached hydrogens (tertiary/aromatic N) is 2.